The first-order valence-electron chi connectivity index (χ1n) is 9.04. The number of hydrogen-bond acceptors (Lipinski definition) is 5. The maximum atomic E-state index is 13.1. The molecular formula is C20H21N5O3. The second-order valence-electron chi connectivity index (χ2n) is 6.85. The molecular weight excluding hydrogens is 358 g/mol. The summed E-state index contributed by atoms with van der Waals surface area (Å²) in [6.07, 6.45) is 3.20. The van der Waals surface area contributed by atoms with Crippen LogP contribution in [0.1, 0.15) is 23.0 Å². The van der Waals surface area contributed by atoms with Gasteiger partial charge in [-0.2, -0.15) is 5.10 Å². The highest BCUT2D eigenvalue weighted by Crippen LogP contribution is 2.25. The van der Waals surface area contributed by atoms with Gasteiger partial charge in [-0.1, -0.05) is 6.07 Å². The minimum absolute atomic E-state index is 0.00773. The summed E-state index contributed by atoms with van der Waals surface area (Å²) in [6, 6.07) is 8.99. The molecule has 8 nitrogen and oxygen atoms in total. The Bertz CT molecular complexity index is 1060. The zero-order valence-electron chi connectivity index (χ0n) is 16.0. The van der Waals surface area contributed by atoms with Crippen molar-refractivity contribution < 1.29 is 14.3 Å². The first-order chi connectivity index (χ1) is 13.5. The zero-order valence-corrected chi connectivity index (χ0v) is 16.0. The van der Waals surface area contributed by atoms with Gasteiger partial charge in [-0.15, -0.1) is 0 Å². The number of methoxy groups -OCH3 is 1. The molecule has 1 atom stereocenters. The van der Waals surface area contributed by atoms with Crippen LogP contribution in [0.4, 0.5) is 5.69 Å². The number of aryl methyl sites for hydroxylation is 1. The van der Waals surface area contributed by atoms with Crippen LogP contribution in [-0.2, 0) is 4.79 Å². The Morgan fingerprint density at radius 1 is 1.29 bits per heavy atom. The Kier molecular flexibility index (Phi) is 4.46. The monoisotopic (exact) mass is 379 g/mol. The summed E-state index contributed by atoms with van der Waals surface area (Å²) in [5, 5.41) is 4.20. The lowest BCUT2D eigenvalue weighted by Gasteiger charge is -2.39. The Morgan fingerprint density at radius 2 is 2.11 bits per heavy atom. The van der Waals surface area contributed by atoms with Gasteiger partial charge in [0.25, 0.3) is 5.91 Å². The van der Waals surface area contributed by atoms with Crippen molar-refractivity contribution in [2.75, 3.05) is 25.1 Å². The van der Waals surface area contributed by atoms with Gasteiger partial charge >= 0.3 is 0 Å². The van der Waals surface area contributed by atoms with Crippen LogP contribution in [-0.4, -0.2) is 57.6 Å². The van der Waals surface area contributed by atoms with Crippen molar-refractivity contribution in [3.63, 3.8) is 0 Å². The van der Waals surface area contributed by atoms with Crippen molar-refractivity contribution in [1.29, 1.82) is 0 Å². The highest BCUT2D eigenvalue weighted by atomic mass is 16.5. The average Bonchev–Trinajstić information content (AvgIpc) is 3.19. The number of hydrogen-bond donors (Lipinski definition) is 0. The summed E-state index contributed by atoms with van der Waals surface area (Å²) in [7, 11) is 1.59. The summed E-state index contributed by atoms with van der Waals surface area (Å²) < 4.78 is 6.88. The van der Waals surface area contributed by atoms with E-state index in [9.17, 15) is 9.59 Å². The molecule has 1 saturated heterocycles. The van der Waals surface area contributed by atoms with Gasteiger partial charge in [-0.3, -0.25) is 9.59 Å². The summed E-state index contributed by atoms with van der Waals surface area (Å²) in [5.74, 6) is 0.338. The van der Waals surface area contributed by atoms with Crippen LogP contribution >= 0.6 is 0 Å². The van der Waals surface area contributed by atoms with Gasteiger partial charge in [0.1, 0.15) is 12.3 Å². The SMILES string of the molecule is COc1cccc(N2CC(C)N(C(=O)c3cnc4ccnn4c3C)CC2=O)c1. The molecule has 1 aromatic carbocycles. The van der Waals surface area contributed by atoms with Crippen molar-refractivity contribution in [2.45, 2.75) is 19.9 Å². The van der Waals surface area contributed by atoms with Crippen LogP contribution in [0.5, 0.6) is 5.75 Å². The minimum Gasteiger partial charge on any atom is -0.497 e. The molecule has 1 fully saturated rings. The number of nitrogens with zero attached hydrogens (tertiary/aromatic N) is 5. The van der Waals surface area contributed by atoms with Gasteiger partial charge < -0.3 is 14.5 Å². The number of amides is 2. The second-order valence-corrected chi connectivity index (χ2v) is 6.85. The molecule has 1 aliphatic heterocycles. The van der Waals surface area contributed by atoms with Crippen molar-refractivity contribution >= 4 is 23.1 Å². The molecule has 2 aromatic heterocycles. The summed E-state index contributed by atoms with van der Waals surface area (Å²) >= 11 is 0. The van der Waals surface area contributed by atoms with Gasteiger partial charge in [-0.25, -0.2) is 9.50 Å². The van der Waals surface area contributed by atoms with Gasteiger partial charge in [-0.05, 0) is 26.0 Å². The number of carbonyl (C=O) groups is 2. The van der Waals surface area contributed by atoms with Crippen molar-refractivity contribution in [1.82, 2.24) is 19.5 Å². The number of fused-ring (bicyclic) bond motifs is 1. The topological polar surface area (TPSA) is 80.0 Å². The van der Waals surface area contributed by atoms with Crippen LogP contribution < -0.4 is 9.64 Å². The number of ether oxygens (including phenoxy) is 1. The fourth-order valence-corrected chi connectivity index (χ4v) is 3.51. The molecule has 1 aliphatic rings. The Balaban J connectivity index is 1.59. The van der Waals surface area contributed by atoms with Crippen LogP contribution in [0.15, 0.2) is 42.7 Å². The lowest BCUT2D eigenvalue weighted by atomic mass is 10.1. The van der Waals surface area contributed by atoms with Crippen molar-refractivity contribution in [2.24, 2.45) is 0 Å². The van der Waals surface area contributed by atoms with E-state index < -0.39 is 0 Å². The molecule has 3 heterocycles. The lowest BCUT2D eigenvalue weighted by Crippen LogP contribution is -2.57. The molecule has 4 rings (SSSR count). The first kappa shape index (κ1) is 18.0. The van der Waals surface area contributed by atoms with E-state index in [-0.39, 0.29) is 24.4 Å². The third kappa shape index (κ3) is 2.96. The molecule has 3 aromatic rings. The fourth-order valence-electron chi connectivity index (χ4n) is 3.51. The largest absolute Gasteiger partial charge is 0.497 e. The summed E-state index contributed by atoms with van der Waals surface area (Å²) in [5.41, 5.74) is 2.60. The Labute approximate surface area is 162 Å². The predicted molar refractivity (Wildman–Crippen MR) is 104 cm³/mol. The molecule has 8 heteroatoms. The van der Waals surface area contributed by atoms with Gasteiger partial charge in [0.2, 0.25) is 5.91 Å². The van der Waals surface area contributed by atoms with E-state index in [1.165, 1.54) is 0 Å². The second kappa shape index (κ2) is 6.95. The number of piperazine rings is 1. The zero-order chi connectivity index (χ0) is 19.8. The quantitative estimate of drug-likeness (QED) is 0.695. The van der Waals surface area contributed by atoms with E-state index in [0.717, 1.165) is 5.69 Å². The summed E-state index contributed by atoms with van der Waals surface area (Å²) in [6.45, 7) is 4.18. The van der Waals surface area contributed by atoms with E-state index in [4.69, 9.17) is 4.74 Å². The number of carbonyl (C=O) groups excluding carboxylic acids is 2. The molecule has 0 saturated carbocycles. The maximum Gasteiger partial charge on any atom is 0.258 e. The molecule has 0 radical (unpaired) electrons. The molecule has 28 heavy (non-hydrogen) atoms. The van der Waals surface area contributed by atoms with Gasteiger partial charge in [0.15, 0.2) is 5.65 Å². The Morgan fingerprint density at radius 3 is 2.89 bits per heavy atom. The average molecular weight is 379 g/mol. The third-order valence-corrected chi connectivity index (χ3v) is 5.10. The third-order valence-electron chi connectivity index (χ3n) is 5.10. The normalized spacial score (nSPS) is 17.2. The van der Waals surface area contributed by atoms with Crippen LogP contribution in [0.3, 0.4) is 0 Å². The molecule has 1 unspecified atom stereocenters. The van der Waals surface area contributed by atoms with E-state index in [1.807, 2.05) is 38.1 Å². The number of rotatable bonds is 3. The smallest absolute Gasteiger partial charge is 0.258 e. The number of benzene rings is 1. The van der Waals surface area contributed by atoms with E-state index in [0.29, 0.717) is 29.2 Å². The number of aromatic nitrogens is 3. The molecule has 0 aliphatic carbocycles. The molecule has 0 spiro atoms. The molecule has 144 valence electrons. The minimum atomic E-state index is -0.214. The summed E-state index contributed by atoms with van der Waals surface area (Å²) in [4.78, 5) is 33.5. The highest BCUT2D eigenvalue weighted by molar-refractivity contribution is 6.02. The fraction of sp³-hybridized carbons (Fsp3) is 0.300. The van der Waals surface area contributed by atoms with E-state index in [2.05, 4.69) is 10.1 Å². The Hall–Kier alpha value is -3.42. The van der Waals surface area contributed by atoms with Crippen molar-refractivity contribution in [3.8, 4) is 5.75 Å². The van der Waals surface area contributed by atoms with E-state index >= 15 is 0 Å². The maximum absolute atomic E-state index is 13.1. The van der Waals surface area contributed by atoms with Crippen molar-refractivity contribution in [3.05, 3.63) is 54.0 Å². The first-order valence-corrected chi connectivity index (χ1v) is 9.04. The van der Waals surface area contributed by atoms with Crippen LogP contribution in [0.2, 0.25) is 0 Å². The molecule has 0 N–H and O–H groups in total. The van der Waals surface area contributed by atoms with Crippen LogP contribution in [0, 0.1) is 6.92 Å². The van der Waals surface area contributed by atoms with Gasteiger partial charge in [0.05, 0.1) is 24.6 Å². The highest BCUT2D eigenvalue weighted by Gasteiger charge is 2.34. The van der Waals surface area contributed by atoms with Gasteiger partial charge in [0, 0.05) is 36.6 Å². The molecule has 2 amide bonds. The standard InChI is InChI=1S/C20H21N5O3/c1-13-11-24(15-5-4-6-16(9-15)28-3)19(26)12-23(13)20(27)17-10-21-18-7-8-22-25(18)14(17)2/h4-10,13H,11-12H2,1-3H3. The van der Waals surface area contributed by atoms with Crippen LogP contribution in [0.25, 0.3) is 5.65 Å². The van der Waals surface area contributed by atoms with E-state index in [1.54, 1.807) is 39.9 Å². The number of anilines is 1. The predicted octanol–water partition coefficient (Wildman–Crippen LogP) is 1.92. The molecule has 0 bridgehead atoms. The lowest BCUT2D eigenvalue weighted by molar-refractivity contribution is -0.121.